The summed E-state index contributed by atoms with van der Waals surface area (Å²) in [6.45, 7) is 3.73. The molecule has 0 spiro atoms. The van der Waals surface area contributed by atoms with Gasteiger partial charge in [-0.15, -0.1) is 0 Å². The largest absolute Gasteiger partial charge is 0.480 e. The summed E-state index contributed by atoms with van der Waals surface area (Å²) < 4.78 is 25.6. The topological polar surface area (TPSA) is 150 Å². The van der Waals surface area contributed by atoms with Crippen LogP contribution in [0.4, 0.5) is 16.0 Å². The number of thiol groups is 1. The number of carboxylic acids is 1. The van der Waals surface area contributed by atoms with Crippen molar-refractivity contribution in [3.8, 4) is 0 Å². The van der Waals surface area contributed by atoms with E-state index in [1.807, 2.05) is 19.1 Å². The highest BCUT2D eigenvalue weighted by molar-refractivity contribution is 7.74. The zero-order valence-corrected chi connectivity index (χ0v) is 22.0. The first-order valence-electron chi connectivity index (χ1n) is 12.1. The van der Waals surface area contributed by atoms with Gasteiger partial charge in [0.2, 0.25) is 16.8 Å². The SMILES string of the molecule is Cc1cc2c(N)nccc2cc1C[C@H](C(=O)O)N1CC[C@H](N(c2cnc(N3CCCC3)s2)[SH](=O)=O)C1=O. The van der Waals surface area contributed by atoms with Gasteiger partial charge in [0.05, 0.1) is 6.20 Å². The van der Waals surface area contributed by atoms with Crippen molar-refractivity contribution < 1.29 is 23.1 Å². The molecule has 196 valence electrons. The number of nitrogens with two attached hydrogens (primary N) is 1. The average Bonchev–Trinajstić information content (AvgIpc) is 3.61. The Labute approximate surface area is 219 Å². The van der Waals surface area contributed by atoms with Crippen molar-refractivity contribution in [2.45, 2.75) is 44.7 Å². The third kappa shape index (κ3) is 4.80. The lowest BCUT2D eigenvalue weighted by molar-refractivity contribution is -0.148. The molecule has 13 heteroatoms. The molecule has 4 heterocycles. The van der Waals surface area contributed by atoms with Crippen LogP contribution in [0.1, 0.15) is 30.4 Å². The van der Waals surface area contributed by atoms with Crippen LogP contribution in [0.5, 0.6) is 0 Å². The molecular formula is C24H28N6O5S2. The van der Waals surface area contributed by atoms with Crippen LogP contribution in [0.3, 0.4) is 0 Å². The Morgan fingerprint density at radius 1 is 1.27 bits per heavy atom. The number of nitrogens with zero attached hydrogens (tertiary/aromatic N) is 5. The quantitative estimate of drug-likeness (QED) is 0.361. The zero-order valence-electron chi connectivity index (χ0n) is 20.2. The van der Waals surface area contributed by atoms with Gasteiger partial charge in [0.15, 0.2) is 5.13 Å². The Morgan fingerprint density at radius 3 is 2.73 bits per heavy atom. The number of fused-ring (bicyclic) bond motifs is 1. The number of benzene rings is 1. The number of likely N-dealkylation sites (tertiary alicyclic amines) is 1. The number of carbonyl (C=O) groups is 2. The Kier molecular flexibility index (Phi) is 6.90. The third-order valence-electron chi connectivity index (χ3n) is 7.09. The van der Waals surface area contributed by atoms with Crippen LogP contribution in [-0.4, -0.2) is 72.0 Å². The van der Waals surface area contributed by atoms with E-state index in [-0.39, 0.29) is 19.4 Å². The molecule has 2 fully saturated rings. The number of pyridine rings is 1. The van der Waals surface area contributed by atoms with Gasteiger partial charge in [0.25, 0.3) is 0 Å². The number of hydrogen-bond acceptors (Lipinski definition) is 9. The number of aliphatic carboxylic acids is 1. The first-order chi connectivity index (χ1) is 17.7. The Morgan fingerprint density at radius 2 is 2.03 bits per heavy atom. The fraction of sp³-hybridized carbons (Fsp3) is 0.417. The maximum atomic E-state index is 13.5. The van der Waals surface area contributed by atoms with Gasteiger partial charge in [0.1, 0.15) is 22.9 Å². The van der Waals surface area contributed by atoms with Crippen LogP contribution in [0.2, 0.25) is 0 Å². The number of thiazole rings is 1. The van der Waals surface area contributed by atoms with Gasteiger partial charge >= 0.3 is 5.97 Å². The van der Waals surface area contributed by atoms with E-state index >= 15 is 0 Å². The maximum Gasteiger partial charge on any atom is 0.326 e. The van der Waals surface area contributed by atoms with Crippen molar-refractivity contribution in [2.24, 2.45) is 0 Å². The smallest absolute Gasteiger partial charge is 0.326 e. The number of hydrogen-bond donors (Lipinski definition) is 3. The summed E-state index contributed by atoms with van der Waals surface area (Å²) >= 11 is 1.23. The molecule has 2 atom stereocenters. The van der Waals surface area contributed by atoms with E-state index in [1.54, 1.807) is 12.3 Å². The van der Waals surface area contributed by atoms with Crippen LogP contribution >= 0.6 is 11.3 Å². The van der Waals surface area contributed by atoms with Gasteiger partial charge in [-0.1, -0.05) is 17.4 Å². The van der Waals surface area contributed by atoms with Crippen molar-refractivity contribution in [2.75, 3.05) is 34.6 Å². The molecule has 2 aliphatic rings. The van der Waals surface area contributed by atoms with Crippen molar-refractivity contribution in [3.63, 3.8) is 0 Å². The third-order valence-corrected chi connectivity index (χ3v) is 9.13. The molecule has 0 bridgehead atoms. The van der Waals surface area contributed by atoms with Crippen LogP contribution in [-0.2, 0) is 26.9 Å². The minimum atomic E-state index is -3.13. The number of amides is 1. The molecule has 0 radical (unpaired) electrons. The molecule has 1 amide bonds. The lowest BCUT2D eigenvalue weighted by Crippen LogP contribution is -2.48. The standard InChI is InChI=1S/C24H28N6O5S2/c1-14-10-17-15(4-6-26-21(17)25)11-16(14)12-19(23(32)33)29-9-5-18(22(29)31)30(37(34)35)20-13-27-24(36-20)28-7-2-3-8-28/h4,6,10-11,13,18-19,37H,2-3,5,7-9,12H2,1H3,(H2,25,26)(H,32,33)/t18-,19+/m0/s1. The van der Waals surface area contributed by atoms with E-state index in [0.29, 0.717) is 10.8 Å². The molecule has 0 aliphatic carbocycles. The van der Waals surface area contributed by atoms with Crippen LogP contribution in [0, 0.1) is 6.92 Å². The molecule has 1 aromatic carbocycles. The number of aryl methyl sites for hydroxylation is 1. The van der Waals surface area contributed by atoms with Crippen molar-refractivity contribution in [3.05, 3.63) is 41.7 Å². The summed E-state index contributed by atoms with van der Waals surface area (Å²) in [7, 11) is -3.13. The molecule has 11 nitrogen and oxygen atoms in total. The Hall–Kier alpha value is -3.45. The fourth-order valence-electron chi connectivity index (χ4n) is 5.15. The van der Waals surface area contributed by atoms with E-state index < -0.39 is 34.9 Å². The molecule has 0 unspecified atom stereocenters. The lowest BCUT2D eigenvalue weighted by atomic mass is 9.96. The van der Waals surface area contributed by atoms with Gasteiger partial charge in [-0.25, -0.2) is 27.5 Å². The van der Waals surface area contributed by atoms with Crippen LogP contribution in [0.25, 0.3) is 10.8 Å². The second-order valence-corrected chi connectivity index (χ2v) is 11.2. The number of anilines is 3. The van der Waals surface area contributed by atoms with Crippen molar-refractivity contribution in [1.29, 1.82) is 0 Å². The minimum Gasteiger partial charge on any atom is -0.480 e. The van der Waals surface area contributed by atoms with E-state index in [4.69, 9.17) is 5.73 Å². The first-order valence-corrected chi connectivity index (χ1v) is 14.0. The fourth-order valence-corrected chi connectivity index (χ4v) is 7.05. The van der Waals surface area contributed by atoms with Crippen molar-refractivity contribution in [1.82, 2.24) is 14.9 Å². The van der Waals surface area contributed by atoms with Gasteiger partial charge in [-0.05, 0) is 54.8 Å². The summed E-state index contributed by atoms with van der Waals surface area (Å²) in [6, 6.07) is 3.40. The van der Waals surface area contributed by atoms with Gasteiger partial charge in [-0.2, -0.15) is 0 Å². The lowest BCUT2D eigenvalue weighted by Gasteiger charge is -2.27. The number of aromatic nitrogens is 2. The van der Waals surface area contributed by atoms with Crippen LogP contribution < -0.4 is 14.9 Å². The highest BCUT2D eigenvalue weighted by Gasteiger charge is 2.43. The minimum absolute atomic E-state index is 0.0843. The highest BCUT2D eigenvalue weighted by atomic mass is 32.2. The van der Waals surface area contributed by atoms with Crippen molar-refractivity contribution >= 4 is 60.8 Å². The monoisotopic (exact) mass is 544 g/mol. The molecule has 0 saturated carbocycles. The Bertz CT molecular complexity index is 1430. The van der Waals surface area contributed by atoms with E-state index in [0.717, 1.165) is 57.3 Å². The Balaban J connectivity index is 1.39. The maximum absolute atomic E-state index is 13.5. The molecule has 3 aromatic rings. The molecule has 2 aliphatic heterocycles. The van der Waals surface area contributed by atoms with Gasteiger partial charge in [0, 0.05) is 37.6 Å². The summed E-state index contributed by atoms with van der Waals surface area (Å²) in [4.78, 5) is 37.7. The molecule has 2 aromatic heterocycles. The molecule has 37 heavy (non-hydrogen) atoms. The summed E-state index contributed by atoms with van der Waals surface area (Å²) in [5, 5.41) is 12.8. The normalized spacial score (nSPS) is 18.8. The summed E-state index contributed by atoms with van der Waals surface area (Å²) in [5.74, 6) is -1.27. The van der Waals surface area contributed by atoms with Crippen LogP contribution in [0.15, 0.2) is 30.6 Å². The molecule has 3 N–H and O–H groups in total. The zero-order chi connectivity index (χ0) is 26.3. The van der Waals surface area contributed by atoms with E-state index in [2.05, 4.69) is 14.9 Å². The van der Waals surface area contributed by atoms with E-state index in [1.165, 1.54) is 22.4 Å². The molecular weight excluding hydrogens is 516 g/mol. The van der Waals surface area contributed by atoms with Gasteiger partial charge in [-0.3, -0.25) is 4.79 Å². The second-order valence-electron chi connectivity index (χ2n) is 9.35. The average molecular weight is 545 g/mol. The summed E-state index contributed by atoms with van der Waals surface area (Å²) in [6.07, 6.45) is 5.47. The number of nitrogen functional groups attached to an aromatic ring is 1. The number of carbonyl (C=O) groups excluding carboxylic acids is 1. The summed E-state index contributed by atoms with van der Waals surface area (Å²) in [5.41, 5.74) is 7.58. The van der Waals surface area contributed by atoms with Gasteiger partial charge < -0.3 is 20.6 Å². The number of rotatable bonds is 8. The number of carboxylic acid groups (broad SMARTS) is 1. The molecule has 2 saturated heterocycles. The van der Waals surface area contributed by atoms with E-state index in [9.17, 15) is 23.1 Å². The second kappa shape index (κ2) is 10.1. The predicted molar refractivity (Wildman–Crippen MR) is 142 cm³/mol. The first kappa shape index (κ1) is 25.2. The highest BCUT2D eigenvalue weighted by Crippen LogP contribution is 2.35. The molecule has 5 rings (SSSR count). The predicted octanol–water partition coefficient (Wildman–Crippen LogP) is 1.81.